The Hall–Kier alpha value is -2.01. The highest BCUT2D eigenvalue weighted by Crippen LogP contribution is 2.26. The molecule has 0 saturated heterocycles. The quantitative estimate of drug-likeness (QED) is 0.861. The molecule has 0 radical (unpaired) electrons. The molecule has 0 aliphatic heterocycles. The topological polar surface area (TPSA) is 56.1 Å². The van der Waals surface area contributed by atoms with Crippen LogP contribution in [-0.4, -0.2) is 22.1 Å². The molecule has 1 heterocycles. The van der Waals surface area contributed by atoms with E-state index < -0.39 is 6.04 Å². The number of carbonyl (C=O) groups excluding carboxylic acids is 1. The molecule has 0 aliphatic carbocycles. The van der Waals surface area contributed by atoms with Crippen molar-refractivity contribution in [3.8, 4) is 0 Å². The van der Waals surface area contributed by atoms with Crippen molar-refractivity contribution < 1.29 is 9.53 Å². The van der Waals surface area contributed by atoms with Crippen LogP contribution in [0, 0.1) is 0 Å². The van der Waals surface area contributed by atoms with Gasteiger partial charge in [-0.15, -0.1) is 0 Å². The molecule has 0 bridgehead atoms. The third-order valence-corrected chi connectivity index (χ3v) is 3.18. The molecule has 0 spiro atoms. The number of rotatable bonds is 5. The second-order valence-corrected chi connectivity index (χ2v) is 4.65. The van der Waals surface area contributed by atoms with E-state index >= 15 is 0 Å². The summed E-state index contributed by atoms with van der Waals surface area (Å²) in [6.45, 7) is 2.09. The molecule has 0 amide bonds. The average molecular weight is 294 g/mol. The van der Waals surface area contributed by atoms with E-state index in [4.69, 9.17) is 16.3 Å². The molecule has 2 rings (SSSR count). The number of esters is 1. The van der Waals surface area contributed by atoms with Gasteiger partial charge in [-0.1, -0.05) is 23.7 Å². The zero-order valence-corrected chi connectivity index (χ0v) is 12.1. The molecule has 106 valence electrons. The van der Waals surface area contributed by atoms with E-state index in [2.05, 4.69) is 10.3 Å². The second-order valence-electron chi connectivity index (χ2n) is 4.24. The zero-order chi connectivity index (χ0) is 14.5. The summed E-state index contributed by atoms with van der Waals surface area (Å²) >= 11 is 6.11. The Bertz CT molecular complexity index is 598. The van der Waals surface area contributed by atoms with E-state index in [0.29, 0.717) is 23.0 Å². The number of hydrogen-bond donors (Lipinski definition) is 1. The predicted molar refractivity (Wildman–Crippen MR) is 77.7 cm³/mol. The summed E-state index contributed by atoms with van der Waals surface area (Å²) < 4.78 is 6.88. The number of carbonyl (C=O) groups is 1. The van der Waals surface area contributed by atoms with Gasteiger partial charge >= 0.3 is 5.97 Å². The minimum atomic E-state index is -0.651. The van der Waals surface area contributed by atoms with E-state index in [9.17, 15) is 4.79 Å². The van der Waals surface area contributed by atoms with Crippen LogP contribution in [0.15, 0.2) is 36.8 Å². The Balaban J connectivity index is 2.31. The summed E-state index contributed by atoms with van der Waals surface area (Å²) in [5, 5.41) is 3.65. The Morgan fingerprint density at radius 2 is 2.25 bits per heavy atom. The summed E-state index contributed by atoms with van der Waals surface area (Å²) in [5.74, 6) is -0.365. The van der Waals surface area contributed by atoms with Gasteiger partial charge < -0.3 is 14.6 Å². The molecular weight excluding hydrogens is 278 g/mol. The van der Waals surface area contributed by atoms with Gasteiger partial charge in [-0.3, -0.25) is 0 Å². The van der Waals surface area contributed by atoms with Crippen LogP contribution < -0.4 is 5.32 Å². The van der Waals surface area contributed by atoms with Gasteiger partial charge in [0.2, 0.25) is 0 Å². The molecule has 1 N–H and O–H groups in total. The molecule has 0 saturated carbocycles. The first-order chi connectivity index (χ1) is 9.63. The van der Waals surface area contributed by atoms with Crippen molar-refractivity contribution >= 4 is 23.3 Å². The number of hydrogen-bond acceptors (Lipinski definition) is 4. The van der Waals surface area contributed by atoms with Crippen LogP contribution in [0.5, 0.6) is 0 Å². The molecule has 20 heavy (non-hydrogen) atoms. The molecule has 1 aromatic heterocycles. The molecule has 6 heteroatoms. The number of para-hydroxylation sites is 1. The van der Waals surface area contributed by atoms with E-state index in [1.807, 2.05) is 25.2 Å². The van der Waals surface area contributed by atoms with Gasteiger partial charge in [0.1, 0.15) is 0 Å². The van der Waals surface area contributed by atoms with Crippen molar-refractivity contribution in [1.82, 2.24) is 9.55 Å². The van der Waals surface area contributed by atoms with Gasteiger partial charge in [0.15, 0.2) is 6.04 Å². The number of aromatic nitrogens is 2. The molecule has 2 aromatic rings. The van der Waals surface area contributed by atoms with Crippen molar-refractivity contribution in [2.75, 3.05) is 11.9 Å². The largest absolute Gasteiger partial charge is 0.464 e. The zero-order valence-electron chi connectivity index (χ0n) is 11.3. The summed E-state index contributed by atoms with van der Waals surface area (Å²) in [6, 6.07) is 6.60. The number of halogens is 1. The number of aryl methyl sites for hydroxylation is 1. The van der Waals surface area contributed by atoms with E-state index in [-0.39, 0.29) is 5.97 Å². The highest BCUT2D eigenvalue weighted by atomic mass is 35.5. The van der Waals surface area contributed by atoms with Crippen molar-refractivity contribution in [3.05, 3.63) is 47.5 Å². The second kappa shape index (κ2) is 6.43. The number of imidazole rings is 1. The number of ether oxygens (including phenoxy) is 1. The normalized spacial score (nSPS) is 11.9. The lowest BCUT2D eigenvalue weighted by Gasteiger charge is -2.19. The van der Waals surface area contributed by atoms with Crippen LogP contribution in [0.2, 0.25) is 5.02 Å². The van der Waals surface area contributed by atoms with Crippen LogP contribution in [-0.2, 0) is 16.6 Å². The fraction of sp³-hybridized carbons (Fsp3) is 0.286. The molecule has 0 aliphatic rings. The van der Waals surface area contributed by atoms with Crippen molar-refractivity contribution in [1.29, 1.82) is 0 Å². The van der Waals surface area contributed by atoms with Gasteiger partial charge in [-0.2, -0.15) is 0 Å². The van der Waals surface area contributed by atoms with Crippen LogP contribution >= 0.6 is 11.6 Å². The SMILES string of the molecule is CCOC(=O)C(Nc1ccccc1Cl)c1cncn1C. The number of nitrogens with one attached hydrogen (secondary N) is 1. The highest BCUT2D eigenvalue weighted by molar-refractivity contribution is 6.33. The van der Waals surface area contributed by atoms with Crippen molar-refractivity contribution in [3.63, 3.8) is 0 Å². The first-order valence-electron chi connectivity index (χ1n) is 6.27. The summed E-state index contributed by atoms with van der Waals surface area (Å²) in [4.78, 5) is 16.2. The van der Waals surface area contributed by atoms with Crippen LogP contribution in [0.3, 0.4) is 0 Å². The number of anilines is 1. The molecule has 1 unspecified atom stereocenters. The lowest BCUT2D eigenvalue weighted by Crippen LogP contribution is -2.25. The predicted octanol–water partition coefficient (Wildman–Crippen LogP) is 2.79. The standard InChI is InChI=1S/C14H16ClN3O2/c1-3-20-14(19)13(12-8-16-9-18(12)2)17-11-7-5-4-6-10(11)15/h4-9,13,17H,3H2,1-2H3. The minimum absolute atomic E-state index is 0.317. The van der Waals surface area contributed by atoms with Gasteiger partial charge in [0.25, 0.3) is 0 Å². The third kappa shape index (κ3) is 3.11. The summed E-state index contributed by atoms with van der Waals surface area (Å²) in [5.41, 5.74) is 1.39. The summed E-state index contributed by atoms with van der Waals surface area (Å²) in [7, 11) is 1.82. The molecular formula is C14H16ClN3O2. The monoisotopic (exact) mass is 293 g/mol. The molecule has 1 atom stereocenters. The first kappa shape index (κ1) is 14.4. The highest BCUT2D eigenvalue weighted by Gasteiger charge is 2.25. The van der Waals surface area contributed by atoms with Gasteiger partial charge in [-0.05, 0) is 19.1 Å². The van der Waals surface area contributed by atoms with Crippen molar-refractivity contribution in [2.45, 2.75) is 13.0 Å². The lowest BCUT2D eigenvalue weighted by molar-refractivity contribution is -0.144. The van der Waals surface area contributed by atoms with Crippen LogP contribution in [0.25, 0.3) is 0 Å². The summed E-state index contributed by atoms with van der Waals surface area (Å²) in [6.07, 6.45) is 3.27. The Morgan fingerprint density at radius 1 is 1.50 bits per heavy atom. The van der Waals surface area contributed by atoms with Gasteiger partial charge in [0, 0.05) is 7.05 Å². The Morgan fingerprint density at radius 3 is 2.85 bits per heavy atom. The van der Waals surface area contributed by atoms with Crippen LogP contribution in [0.4, 0.5) is 5.69 Å². The fourth-order valence-corrected chi connectivity index (χ4v) is 2.05. The fourth-order valence-electron chi connectivity index (χ4n) is 1.86. The van der Waals surface area contributed by atoms with Gasteiger partial charge in [-0.25, -0.2) is 9.78 Å². The van der Waals surface area contributed by atoms with E-state index in [1.165, 1.54) is 0 Å². The smallest absolute Gasteiger partial charge is 0.334 e. The van der Waals surface area contributed by atoms with Crippen molar-refractivity contribution in [2.24, 2.45) is 7.05 Å². The maximum Gasteiger partial charge on any atom is 0.334 e. The van der Waals surface area contributed by atoms with E-state index in [0.717, 1.165) is 0 Å². The van der Waals surface area contributed by atoms with Crippen LogP contribution in [0.1, 0.15) is 18.7 Å². The Kier molecular flexibility index (Phi) is 4.63. The maximum absolute atomic E-state index is 12.1. The third-order valence-electron chi connectivity index (χ3n) is 2.85. The van der Waals surface area contributed by atoms with E-state index in [1.54, 1.807) is 30.1 Å². The molecule has 1 aromatic carbocycles. The average Bonchev–Trinajstić information content (AvgIpc) is 2.84. The molecule has 0 fully saturated rings. The number of nitrogens with zero attached hydrogens (tertiary/aromatic N) is 2. The lowest BCUT2D eigenvalue weighted by atomic mass is 10.2. The minimum Gasteiger partial charge on any atom is -0.464 e. The first-order valence-corrected chi connectivity index (χ1v) is 6.65. The Labute approximate surface area is 122 Å². The number of benzene rings is 1. The molecule has 5 nitrogen and oxygen atoms in total. The maximum atomic E-state index is 12.1. The van der Waals surface area contributed by atoms with Gasteiger partial charge in [0.05, 0.1) is 35.5 Å².